The van der Waals surface area contributed by atoms with Crippen molar-refractivity contribution < 1.29 is 0 Å². The van der Waals surface area contributed by atoms with E-state index in [9.17, 15) is 0 Å². The van der Waals surface area contributed by atoms with Gasteiger partial charge in [0.1, 0.15) is 0 Å². The molecule has 2 heteroatoms. The summed E-state index contributed by atoms with van der Waals surface area (Å²) in [5.41, 5.74) is 0.598. The van der Waals surface area contributed by atoms with Gasteiger partial charge in [-0.15, -0.1) is 0 Å². The Morgan fingerprint density at radius 3 is 2.80 bits per heavy atom. The van der Waals surface area contributed by atoms with Crippen LogP contribution in [0.1, 0.15) is 25.7 Å². The first kappa shape index (κ1) is 6.99. The average Bonchev–Trinajstić information content (AvgIpc) is 2.08. The van der Waals surface area contributed by atoms with E-state index in [0.29, 0.717) is 5.54 Å². The van der Waals surface area contributed by atoms with Crippen molar-refractivity contribution in [1.82, 2.24) is 5.32 Å². The molecule has 1 nitrogen and oxygen atoms in total. The molecule has 1 heterocycles. The largest absolute Gasteiger partial charge is 0.310 e. The van der Waals surface area contributed by atoms with E-state index in [0.717, 1.165) is 0 Å². The van der Waals surface area contributed by atoms with E-state index in [1.807, 2.05) is 0 Å². The zero-order valence-corrected chi connectivity index (χ0v) is 7.17. The van der Waals surface area contributed by atoms with Gasteiger partial charge in [-0.25, -0.2) is 0 Å². The third-order valence-electron chi connectivity index (χ3n) is 2.65. The zero-order chi connectivity index (χ0) is 6.86. The van der Waals surface area contributed by atoms with Crippen LogP contribution in [-0.2, 0) is 0 Å². The number of thioether (sulfide) groups is 1. The lowest BCUT2D eigenvalue weighted by Gasteiger charge is -2.41. The van der Waals surface area contributed by atoms with E-state index in [4.69, 9.17) is 0 Å². The molecule has 0 unspecified atom stereocenters. The van der Waals surface area contributed by atoms with E-state index < -0.39 is 0 Å². The third-order valence-corrected chi connectivity index (χ3v) is 3.99. The molecule has 1 aliphatic carbocycles. The zero-order valence-electron chi connectivity index (χ0n) is 6.36. The SMILES string of the molecule is C1CNC2(CCC2)CSC1. The smallest absolute Gasteiger partial charge is 0.0271 e. The highest BCUT2D eigenvalue weighted by Gasteiger charge is 2.36. The Labute approximate surface area is 67.0 Å². The van der Waals surface area contributed by atoms with E-state index in [2.05, 4.69) is 17.1 Å². The molecule has 58 valence electrons. The molecule has 0 aromatic rings. The molecule has 0 atom stereocenters. The fraction of sp³-hybridized carbons (Fsp3) is 1.00. The van der Waals surface area contributed by atoms with Crippen molar-refractivity contribution in [2.24, 2.45) is 0 Å². The van der Waals surface area contributed by atoms with Crippen LogP contribution in [0.25, 0.3) is 0 Å². The number of rotatable bonds is 0. The minimum atomic E-state index is 0.598. The summed E-state index contributed by atoms with van der Waals surface area (Å²) in [6, 6.07) is 0. The molecule has 1 aliphatic heterocycles. The molecule has 0 amide bonds. The second kappa shape index (κ2) is 2.74. The van der Waals surface area contributed by atoms with Gasteiger partial charge in [-0.3, -0.25) is 0 Å². The lowest BCUT2D eigenvalue weighted by atomic mass is 9.78. The Balaban J connectivity index is 1.92. The first-order chi connectivity index (χ1) is 4.91. The number of hydrogen-bond acceptors (Lipinski definition) is 2. The average molecular weight is 157 g/mol. The Bertz CT molecular complexity index is 110. The van der Waals surface area contributed by atoms with Gasteiger partial charge in [0, 0.05) is 11.3 Å². The summed E-state index contributed by atoms with van der Waals surface area (Å²) in [6.45, 7) is 1.26. The van der Waals surface area contributed by atoms with Crippen molar-refractivity contribution in [2.45, 2.75) is 31.2 Å². The minimum Gasteiger partial charge on any atom is -0.310 e. The van der Waals surface area contributed by atoms with Gasteiger partial charge in [-0.05, 0) is 38.0 Å². The third kappa shape index (κ3) is 1.19. The first-order valence-electron chi connectivity index (χ1n) is 4.24. The maximum Gasteiger partial charge on any atom is 0.0271 e. The molecule has 0 aromatic heterocycles. The molecule has 10 heavy (non-hydrogen) atoms. The van der Waals surface area contributed by atoms with Crippen LogP contribution in [-0.4, -0.2) is 23.6 Å². The minimum absolute atomic E-state index is 0.598. The Kier molecular flexibility index (Phi) is 1.92. The van der Waals surface area contributed by atoms with Crippen LogP contribution >= 0.6 is 11.8 Å². The van der Waals surface area contributed by atoms with Crippen LogP contribution in [0.5, 0.6) is 0 Å². The summed E-state index contributed by atoms with van der Waals surface area (Å²) < 4.78 is 0. The molecule has 0 radical (unpaired) electrons. The summed E-state index contributed by atoms with van der Waals surface area (Å²) in [5, 5.41) is 3.67. The van der Waals surface area contributed by atoms with Gasteiger partial charge in [0.15, 0.2) is 0 Å². The fourth-order valence-electron chi connectivity index (χ4n) is 1.77. The van der Waals surface area contributed by atoms with Crippen molar-refractivity contribution in [1.29, 1.82) is 0 Å². The fourth-order valence-corrected chi connectivity index (χ4v) is 3.05. The second-order valence-corrected chi connectivity index (χ2v) is 4.57. The highest BCUT2D eigenvalue weighted by molar-refractivity contribution is 7.99. The molecule has 1 spiro atoms. The Hall–Kier alpha value is 0.310. The van der Waals surface area contributed by atoms with Gasteiger partial charge in [-0.1, -0.05) is 0 Å². The highest BCUT2D eigenvalue weighted by Crippen LogP contribution is 2.36. The molecule has 0 bridgehead atoms. The van der Waals surface area contributed by atoms with Crippen molar-refractivity contribution >= 4 is 11.8 Å². The normalized spacial score (nSPS) is 31.2. The van der Waals surface area contributed by atoms with Crippen LogP contribution in [0.15, 0.2) is 0 Å². The Morgan fingerprint density at radius 1 is 1.20 bits per heavy atom. The van der Waals surface area contributed by atoms with E-state index in [1.165, 1.54) is 43.7 Å². The monoisotopic (exact) mass is 157 g/mol. The molecule has 2 aliphatic rings. The molecule has 1 saturated heterocycles. The molecule has 2 fully saturated rings. The van der Waals surface area contributed by atoms with Gasteiger partial charge in [0.25, 0.3) is 0 Å². The van der Waals surface area contributed by atoms with Crippen molar-refractivity contribution in [3.63, 3.8) is 0 Å². The maximum atomic E-state index is 3.67. The predicted octanol–water partition coefficient (Wildman–Crippen LogP) is 1.64. The van der Waals surface area contributed by atoms with Gasteiger partial charge in [0.05, 0.1) is 0 Å². The Morgan fingerprint density at radius 2 is 2.10 bits per heavy atom. The van der Waals surface area contributed by atoms with Crippen LogP contribution in [0.3, 0.4) is 0 Å². The van der Waals surface area contributed by atoms with Crippen molar-refractivity contribution in [2.75, 3.05) is 18.1 Å². The lowest BCUT2D eigenvalue weighted by molar-refractivity contribution is 0.219. The standard InChI is InChI=1S/C8H15NS/c1-3-8(4-1)7-10-6-2-5-9-8/h9H,1-7H2. The van der Waals surface area contributed by atoms with Gasteiger partial charge in [-0.2, -0.15) is 11.8 Å². The maximum absolute atomic E-state index is 3.67. The van der Waals surface area contributed by atoms with E-state index in [1.54, 1.807) is 0 Å². The van der Waals surface area contributed by atoms with Crippen LogP contribution < -0.4 is 5.32 Å². The summed E-state index contributed by atoms with van der Waals surface area (Å²) in [5.74, 6) is 2.74. The molecule has 0 aromatic carbocycles. The first-order valence-corrected chi connectivity index (χ1v) is 5.40. The van der Waals surface area contributed by atoms with E-state index >= 15 is 0 Å². The molecule has 2 rings (SSSR count). The summed E-state index contributed by atoms with van der Waals surface area (Å²) in [4.78, 5) is 0. The van der Waals surface area contributed by atoms with Gasteiger partial charge in [0.2, 0.25) is 0 Å². The predicted molar refractivity (Wildman–Crippen MR) is 46.5 cm³/mol. The topological polar surface area (TPSA) is 12.0 Å². The van der Waals surface area contributed by atoms with Crippen LogP contribution in [0.4, 0.5) is 0 Å². The lowest BCUT2D eigenvalue weighted by Crippen LogP contribution is -2.52. The molecule has 1 saturated carbocycles. The molecular weight excluding hydrogens is 142 g/mol. The summed E-state index contributed by atoms with van der Waals surface area (Å²) in [7, 11) is 0. The van der Waals surface area contributed by atoms with Crippen LogP contribution in [0, 0.1) is 0 Å². The summed E-state index contributed by atoms with van der Waals surface area (Å²) >= 11 is 2.14. The molecular formula is C8H15NS. The number of nitrogens with one attached hydrogen (secondary N) is 1. The molecule has 1 N–H and O–H groups in total. The van der Waals surface area contributed by atoms with Gasteiger partial charge >= 0.3 is 0 Å². The number of hydrogen-bond donors (Lipinski definition) is 1. The van der Waals surface area contributed by atoms with E-state index in [-0.39, 0.29) is 0 Å². The second-order valence-electron chi connectivity index (χ2n) is 3.47. The quantitative estimate of drug-likeness (QED) is 0.573. The van der Waals surface area contributed by atoms with Gasteiger partial charge < -0.3 is 5.32 Å². The highest BCUT2D eigenvalue weighted by atomic mass is 32.2. The van der Waals surface area contributed by atoms with Crippen molar-refractivity contribution in [3.8, 4) is 0 Å². The summed E-state index contributed by atoms with van der Waals surface area (Å²) in [6.07, 6.45) is 5.68. The van der Waals surface area contributed by atoms with Crippen LogP contribution in [0.2, 0.25) is 0 Å². The van der Waals surface area contributed by atoms with Crippen molar-refractivity contribution in [3.05, 3.63) is 0 Å².